The number of halogens is 1. The minimum absolute atomic E-state index is 0. The third-order valence-corrected chi connectivity index (χ3v) is 4.10. The van der Waals surface area contributed by atoms with E-state index in [4.69, 9.17) is 9.73 Å². The van der Waals surface area contributed by atoms with E-state index < -0.39 is 0 Å². The van der Waals surface area contributed by atoms with Gasteiger partial charge < -0.3 is 15.4 Å². The quantitative estimate of drug-likeness (QED) is 0.212. The first-order chi connectivity index (χ1) is 10.7. The molecule has 5 nitrogen and oxygen atoms in total. The lowest BCUT2D eigenvalue weighted by molar-refractivity contribution is 0.123. The highest BCUT2D eigenvalue weighted by Crippen LogP contribution is 2.28. The van der Waals surface area contributed by atoms with Crippen LogP contribution in [0.3, 0.4) is 0 Å². The number of hydrogen-bond donors (Lipinski definition) is 2. The number of nitrogens with one attached hydrogen (secondary N) is 2. The molecule has 0 spiro atoms. The third-order valence-electron chi connectivity index (χ3n) is 4.10. The summed E-state index contributed by atoms with van der Waals surface area (Å²) in [6.45, 7) is 15.3. The van der Waals surface area contributed by atoms with Crippen molar-refractivity contribution in [3.63, 3.8) is 0 Å². The molecule has 0 bridgehead atoms. The first-order valence-electron chi connectivity index (χ1n) is 9.05. The maximum absolute atomic E-state index is 5.65. The molecule has 0 aliphatic heterocycles. The number of aliphatic imine (C=N–C) groups is 1. The molecule has 1 aliphatic rings. The van der Waals surface area contributed by atoms with E-state index in [1.807, 2.05) is 0 Å². The van der Waals surface area contributed by atoms with Gasteiger partial charge in [0.15, 0.2) is 5.96 Å². The minimum Gasteiger partial charge on any atom is -0.381 e. The van der Waals surface area contributed by atoms with Crippen molar-refractivity contribution in [2.75, 3.05) is 45.9 Å². The zero-order valence-electron chi connectivity index (χ0n) is 15.4. The first kappa shape index (κ1) is 22.9. The highest BCUT2D eigenvalue weighted by molar-refractivity contribution is 14.0. The standard InChI is InChI=1S/C17H36N4O.HI/c1-5-18-17(20-13-15(4)21(6-2)7-3)19-11-8-12-22-14-16-9-10-16;/h15-16H,5-14H2,1-4H3,(H2,18,19,20);1H. The second-order valence-electron chi connectivity index (χ2n) is 6.09. The summed E-state index contributed by atoms with van der Waals surface area (Å²) in [6.07, 6.45) is 3.75. The smallest absolute Gasteiger partial charge is 0.191 e. The Labute approximate surface area is 160 Å². The third kappa shape index (κ3) is 11.2. The summed E-state index contributed by atoms with van der Waals surface area (Å²) in [4.78, 5) is 7.13. The summed E-state index contributed by atoms with van der Waals surface area (Å²) >= 11 is 0. The van der Waals surface area contributed by atoms with Gasteiger partial charge in [0.05, 0.1) is 6.54 Å². The predicted octanol–water partition coefficient (Wildman–Crippen LogP) is 2.71. The van der Waals surface area contributed by atoms with Gasteiger partial charge in [0.2, 0.25) is 0 Å². The van der Waals surface area contributed by atoms with E-state index in [9.17, 15) is 0 Å². The SMILES string of the molecule is CCNC(=NCC(C)N(CC)CC)NCCCOCC1CC1.I. The molecule has 1 unspecified atom stereocenters. The highest BCUT2D eigenvalue weighted by atomic mass is 127. The molecule has 1 fully saturated rings. The van der Waals surface area contributed by atoms with Gasteiger partial charge in [-0.15, -0.1) is 24.0 Å². The Kier molecular flexibility index (Phi) is 14.2. The van der Waals surface area contributed by atoms with Crippen LogP contribution in [0.4, 0.5) is 0 Å². The molecule has 0 aromatic heterocycles. The van der Waals surface area contributed by atoms with Gasteiger partial charge in [-0.05, 0) is 52.1 Å². The monoisotopic (exact) mass is 440 g/mol. The molecular formula is C17H37IN4O. The van der Waals surface area contributed by atoms with Crippen molar-refractivity contribution in [1.82, 2.24) is 15.5 Å². The van der Waals surface area contributed by atoms with Crippen LogP contribution in [0.1, 0.15) is 47.0 Å². The summed E-state index contributed by atoms with van der Waals surface area (Å²) < 4.78 is 5.65. The molecule has 1 saturated carbocycles. The average Bonchev–Trinajstić information content (AvgIpc) is 3.33. The summed E-state index contributed by atoms with van der Waals surface area (Å²) in [7, 11) is 0. The van der Waals surface area contributed by atoms with Crippen molar-refractivity contribution in [3.8, 4) is 0 Å². The molecule has 1 rings (SSSR count). The number of likely N-dealkylation sites (N-methyl/N-ethyl adjacent to an activating group) is 1. The predicted molar refractivity (Wildman–Crippen MR) is 110 cm³/mol. The van der Waals surface area contributed by atoms with E-state index in [1.165, 1.54) is 12.8 Å². The fourth-order valence-electron chi connectivity index (χ4n) is 2.44. The lowest BCUT2D eigenvalue weighted by atomic mass is 10.3. The van der Waals surface area contributed by atoms with Gasteiger partial charge in [-0.1, -0.05) is 13.8 Å². The number of hydrogen-bond acceptors (Lipinski definition) is 3. The Morgan fingerprint density at radius 1 is 1.22 bits per heavy atom. The first-order valence-corrected chi connectivity index (χ1v) is 9.05. The lowest BCUT2D eigenvalue weighted by Gasteiger charge is -2.25. The Bertz CT molecular complexity index is 307. The van der Waals surface area contributed by atoms with Gasteiger partial charge in [0, 0.05) is 32.3 Å². The zero-order valence-corrected chi connectivity index (χ0v) is 17.8. The maximum Gasteiger partial charge on any atom is 0.191 e. The van der Waals surface area contributed by atoms with E-state index in [2.05, 4.69) is 43.2 Å². The Balaban J connectivity index is 0.00000484. The van der Waals surface area contributed by atoms with E-state index in [-0.39, 0.29) is 24.0 Å². The van der Waals surface area contributed by atoms with Gasteiger partial charge in [-0.2, -0.15) is 0 Å². The van der Waals surface area contributed by atoms with Crippen LogP contribution < -0.4 is 10.6 Å². The highest BCUT2D eigenvalue weighted by Gasteiger charge is 2.20. The van der Waals surface area contributed by atoms with Crippen molar-refractivity contribution in [1.29, 1.82) is 0 Å². The molecule has 23 heavy (non-hydrogen) atoms. The molecule has 138 valence electrons. The van der Waals surface area contributed by atoms with Crippen molar-refractivity contribution >= 4 is 29.9 Å². The number of nitrogens with zero attached hydrogens (tertiary/aromatic N) is 2. The summed E-state index contributed by atoms with van der Waals surface area (Å²) in [5, 5.41) is 6.71. The Morgan fingerprint density at radius 3 is 2.48 bits per heavy atom. The summed E-state index contributed by atoms with van der Waals surface area (Å²) in [5.74, 6) is 1.78. The van der Waals surface area contributed by atoms with Crippen molar-refractivity contribution in [2.24, 2.45) is 10.9 Å². The lowest BCUT2D eigenvalue weighted by Crippen LogP contribution is -2.40. The molecule has 2 N–H and O–H groups in total. The van der Waals surface area contributed by atoms with Crippen LogP contribution in [0.15, 0.2) is 4.99 Å². The van der Waals surface area contributed by atoms with Crippen LogP contribution in [0.2, 0.25) is 0 Å². The van der Waals surface area contributed by atoms with Crippen LogP contribution in [-0.2, 0) is 4.74 Å². The van der Waals surface area contributed by atoms with Crippen LogP contribution >= 0.6 is 24.0 Å². The zero-order chi connectivity index (χ0) is 16.2. The molecule has 6 heteroatoms. The fraction of sp³-hybridized carbons (Fsp3) is 0.941. The molecule has 0 heterocycles. The van der Waals surface area contributed by atoms with E-state index in [0.717, 1.165) is 64.2 Å². The number of rotatable bonds is 12. The second kappa shape index (κ2) is 14.3. The van der Waals surface area contributed by atoms with Crippen LogP contribution in [0, 0.1) is 5.92 Å². The van der Waals surface area contributed by atoms with Crippen LogP contribution in [-0.4, -0.2) is 62.8 Å². The van der Waals surface area contributed by atoms with E-state index in [0.29, 0.717) is 6.04 Å². The van der Waals surface area contributed by atoms with Crippen molar-refractivity contribution < 1.29 is 4.74 Å². The molecule has 0 aromatic rings. The number of ether oxygens (including phenoxy) is 1. The maximum atomic E-state index is 5.65. The molecule has 1 aliphatic carbocycles. The van der Waals surface area contributed by atoms with Crippen molar-refractivity contribution in [2.45, 2.75) is 53.0 Å². The minimum atomic E-state index is 0. The van der Waals surface area contributed by atoms with Crippen LogP contribution in [0.5, 0.6) is 0 Å². The average molecular weight is 440 g/mol. The van der Waals surface area contributed by atoms with Gasteiger partial charge >= 0.3 is 0 Å². The Morgan fingerprint density at radius 2 is 1.91 bits per heavy atom. The van der Waals surface area contributed by atoms with Gasteiger partial charge in [0.1, 0.15) is 0 Å². The van der Waals surface area contributed by atoms with Crippen molar-refractivity contribution in [3.05, 3.63) is 0 Å². The molecule has 0 aromatic carbocycles. The molecule has 0 radical (unpaired) electrons. The van der Waals surface area contributed by atoms with Crippen LogP contribution in [0.25, 0.3) is 0 Å². The van der Waals surface area contributed by atoms with Gasteiger partial charge in [-0.25, -0.2) is 0 Å². The summed E-state index contributed by atoms with van der Waals surface area (Å²) in [6, 6.07) is 0.479. The molecular weight excluding hydrogens is 403 g/mol. The van der Waals surface area contributed by atoms with Gasteiger partial charge in [-0.3, -0.25) is 9.89 Å². The Hall–Kier alpha value is -0.0800. The normalized spacial score (nSPS) is 16.1. The van der Waals surface area contributed by atoms with Gasteiger partial charge in [0.25, 0.3) is 0 Å². The van der Waals surface area contributed by atoms with E-state index >= 15 is 0 Å². The molecule has 0 saturated heterocycles. The second-order valence-corrected chi connectivity index (χ2v) is 6.09. The number of guanidine groups is 1. The topological polar surface area (TPSA) is 48.9 Å². The summed E-state index contributed by atoms with van der Waals surface area (Å²) in [5.41, 5.74) is 0. The fourth-order valence-corrected chi connectivity index (χ4v) is 2.44. The molecule has 1 atom stereocenters. The largest absolute Gasteiger partial charge is 0.381 e. The van der Waals surface area contributed by atoms with E-state index in [1.54, 1.807) is 0 Å². The molecule has 0 amide bonds.